The molecule has 7 nitrogen and oxygen atoms in total. The average molecular weight is 293 g/mol. The number of hydrogen-bond acceptors (Lipinski definition) is 6. The Bertz CT molecular complexity index is 727. The molecule has 1 aromatic heterocycles. The number of rotatable bonds is 5. The van der Waals surface area contributed by atoms with E-state index in [9.17, 15) is 0 Å². The van der Waals surface area contributed by atoms with Gasteiger partial charge in [0.05, 0.1) is 11.9 Å². The molecule has 0 bridgehead atoms. The van der Waals surface area contributed by atoms with Gasteiger partial charge in [0.15, 0.2) is 0 Å². The summed E-state index contributed by atoms with van der Waals surface area (Å²) in [5.41, 5.74) is 5.35. The number of nitrogens with one attached hydrogen (secondary N) is 1. The molecule has 7 heteroatoms. The first-order valence-electron chi connectivity index (χ1n) is 6.55. The Morgan fingerprint density at radius 1 is 1.32 bits per heavy atom. The molecule has 0 aliphatic carbocycles. The summed E-state index contributed by atoms with van der Waals surface area (Å²) in [6.45, 7) is 0.756. The van der Waals surface area contributed by atoms with Gasteiger partial charge in [-0.1, -0.05) is 0 Å². The first kappa shape index (κ1) is 15.1. The second-order valence-corrected chi connectivity index (χ2v) is 4.72. The summed E-state index contributed by atoms with van der Waals surface area (Å²) < 4.78 is 1.77. The lowest BCUT2D eigenvalue weighted by Crippen LogP contribution is -2.15. The van der Waals surface area contributed by atoms with E-state index in [1.54, 1.807) is 16.8 Å². The average Bonchev–Trinajstić information content (AvgIpc) is 2.94. The molecule has 2 aromatic rings. The first-order valence-corrected chi connectivity index (χ1v) is 6.55. The molecule has 0 amide bonds. The van der Waals surface area contributed by atoms with Crippen molar-refractivity contribution < 1.29 is 0 Å². The van der Waals surface area contributed by atoms with Gasteiger partial charge in [0.1, 0.15) is 12.1 Å². The highest BCUT2D eigenvalue weighted by molar-refractivity contribution is 6.10. The van der Waals surface area contributed by atoms with Gasteiger partial charge >= 0.3 is 0 Å². The van der Waals surface area contributed by atoms with Gasteiger partial charge in [0.25, 0.3) is 0 Å². The van der Waals surface area contributed by atoms with E-state index in [1.165, 1.54) is 0 Å². The molecule has 0 fully saturated rings. The highest BCUT2D eigenvalue weighted by Gasteiger charge is 2.04. The Balaban J connectivity index is 2.01. The van der Waals surface area contributed by atoms with Gasteiger partial charge in [-0.25, -0.2) is 0 Å². The van der Waals surface area contributed by atoms with E-state index >= 15 is 0 Å². The Morgan fingerprint density at radius 3 is 2.55 bits per heavy atom. The van der Waals surface area contributed by atoms with Crippen molar-refractivity contribution in [2.75, 3.05) is 17.4 Å². The summed E-state index contributed by atoms with van der Waals surface area (Å²) in [7, 11) is 3.89. The van der Waals surface area contributed by atoms with Gasteiger partial charge in [0.2, 0.25) is 5.71 Å². The maximum absolute atomic E-state index is 8.61. The predicted octanol–water partition coefficient (Wildman–Crippen LogP) is 1.87. The van der Waals surface area contributed by atoms with E-state index in [2.05, 4.69) is 20.5 Å². The van der Waals surface area contributed by atoms with Crippen molar-refractivity contribution in [3.05, 3.63) is 42.2 Å². The quantitative estimate of drug-likeness (QED) is 0.671. The molecule has 0 atom stereocenters. The maximum Gasteiger partial charge on any atom is 0.237 e. The van der Waals surface area contributed by atoms with Crippen LogP contribution in [0.2, 0.25) is 0 Å². The van der Waals surface area contributed by atoms with E-state index in [4.69, 9.17) is 10.5 Å². The van der Waals surface area contributed by atoms with Crippen LogP contribution in [0.3, 0.4) is 0 Å². The zero-order valence-electron chi connectivity index (χ0n) is 12.4. The molecule has 1 aromatic carbocycles. The number of nitriles is 2. The smallest absolute Gasteiger partial charge is 0.237 e. The molecule has 0 saturated carbocycles. The van der Waals surface area contributed by atoms with Gasteiger partial charge in [-0.2, -0.15) is 20.7 Å². The largest absolute Gasteiger partial charge is 0.370 e. The fourth-order valence-electron chi connectivity index (χ4n) is 1.90. The second-order valence-electron chi connectivity index (χ2n) is 4.72. The van der Waals surface area contributed by atoms with Crippen molar-refractivity contribution in [3.8, 4) is 12.1 Å². The SMILES string of the molecule is CN(Cc1cnn(C)c1)c1ccc(NN=C(C#N)C#N)cc1. The van der Waals surface area contributed by atoms with Gasteiger partial charge in [-0.3, -0.25) is 10.1 Å². The minimum absolute atomic E-state index is 0.210. The van der Waals surface area contributed by atoms with Gasteiger partial charge in [0, 0.05) is 38.1 Å². The lowest BCUT2D eigenvalue weighted by atomic mass is 10.2. The Kier molecular flexibility index (Phi) is 4.74. The standard InChI is InChI=1S/C15H15N7/c1-21(10-12-9-18-22(2)11-12)15-5-3-13(4-6-15)19-20-14(7-16)8-17/h3-6,9,11,19H,10H2,1-2H3. The summed E-state index contributed by atoms with van der Waals surface area (Å²) in [6, 6.07) is 10.9. The number of hydrogen-bond donors (Lipinski definition) is 1. The van der Waals surface area contributed by atoms with Crippen LogP contribution in [0.1, 0.15) is 5.56 Å². The van der Waals surface area contributed by atoms with Crippen LogP contribution in [-0.2, 0) is 13.6 Å². The van der Waals surface area contributed by atoms with E-state index in [0.29, 0.717) is 5.69 Å². The van der Waals surface area contributed by atoms with Crippen molar-refractivity contribution >= 4 is 17.1 Å². The molecule has 1 N–H and O–H groups in total. The monoisotopic (exact) mass is 293 g/mol. The Morgan fingerprint density at radius 2 is 2.00 bits per heavy atom. The normalized spacial score (nSPS) is 9.45. The molecule has 0 aliphatic heterocycles. The van der Waals surface area contributed by atoms with E-state index < -0.39 is 0 Å². The molecular weight excluding hydrogens is 278 g/mol. The summed E-state index contributed by atoms with van der Waals surface area (Å²) >= 11 is 0. The third-order valence-corrected chi connectivity index (χ3v) is 2.99. The Labute approximate surface area is 128 Å². The molecule has 0 spiro atoms. The van der Waals surface area contributed by atoms with Crippen LogP contribution in [0, 0.1) is 22.7 Å². The minimum atomic E-state index is -0.210. The molecule has 0 aliphatic rings. The van der Waals surface area contributed by atoms with Crippen LogP contribution < -0.4 is 10.3 Å². The minimum Gasteiger partial charge on any atom is -0.370 e. The summed E-state index contributed by atoms with van der Waals surface area (Å²) in [6.07, 6.45) is 3.82. The molecule has 22 heavy (non-hydrogen) atoms. The lowest BCUT2D eigenvalue weighted by molar-refractivity contribution is 0.766. The predicted molar refractivity (Wildman–Crippen MR) is 84.0 cm³/mol. The summed E-state index contributed by atoms with van der Waals surface area (Å²) in [5, 5.41) is 25.1. The van der Waals surface area contributed by atoms with Gasteiger partial charge in [-0.05, 0) is 24.3 Å². The highest BCUT2D eigenvalue weighted by Crippen LogP contribution is 2.18. The molecule has 0 unspecified atom stereocenters. The van der Waals surface area contributed by atoms with Crippen LogP contribution in [0.4, 0.5) is 11.4 Å². The number of hydrazone groups is 1. The molecule has 2 rings (SSSR count). The van der Waals surface area contributed by atoms with Crippen LogP contribution >= 0.6 is 0 Å². The number of benzene rings is 1. The van der Waals surface area contributed by atoms with Crippen LogP contribution in [0.25, 0.3) is 0 Å². The van der Waals surface area contributed by atoms with Crippen LogP contribution in [-0.4, -0.2) is 22.5 Å². The van der Waals surface area contributed by atoms with Crippen molar-refractivity contribution in [2.45, 2.75) is 6.54 Å². The highest BCUT2D eigenvalue weighted by atomic mass is 15.3. The van der Waals surface area contributed by atoms with Crippen molar-refractivity contribution in [3.63, 3.8) is 0 Å². The molecule has 0 saturated heterocycles. The van der Waals surface area contributed by atoms with Gasteiger partial charge in [-0.15, -0.1) is 0 Å². The lowest BCUT2D eigenvalue weighted by Gasteiger charge is -2.18. The molecule has 1 heterocycles. The molecule has 110 valence electrons. The number of aryl methyl sites for hydroxylation is 1. The van der Waals surface area contributed by atoms with E-state index in [0.717, 1.165) is 17.8 Å². The van der Waals surface area contributed by atoms with E-state index in [1.807, 2.05) is 50.8 Å². The maximum atomic E-state index is 8.61. The first-order chi connectivity index (χ1) is 10.6. The van der Waals surface area contributed by atoms with Crippen LogP contribution in [0.15, 0.2) is 41.8 Å². The number of nitrogens with zero attached hydrogens (tertiary/aromatic N) is 6. The molecular formula is C15H15N7. The van der Waals surface area contributed by atoms with Crippen LogP contribution in [0.5, 0.6) is 0 Å². The second kappa shape index (κ2) is 6.91. The van der Waals surface area contributed by atoms with Crippen molar-refractivity contribution in [1.82, 2.24) is 9.78 Å². The van der Waals surface area contributed by atoms with Gasteiger partial charge < -0.3 is 4.90 Å². The number of aromatic nitrogens is 2. The van der Waals surface area contributed by atoms with Crippen molar-refractivity contribution in [2.24, 2.45) is 12.1 Å². The van der Waals surface area contributed by atoms with E-state index in [-0.39, 0.29) is 5.71 Å². The fourth-order valence-corrected chi connectivity index (χ4v) is 1.90. The summed E-state index contributed by atoms with van der Waals surface area (Å²) in [4.78, 5) is 2.10. The molecule has 0 radical (unpaired) electrons. The number of anilines is 2. The topological polar surface area (TPSA) is 93.0 Å². The third-order valence-electron chi connectivity index (χ3n) is 2.99. The zero-order valence-corrected chi connectivity index (χ0v) is 12.4. The fraction of sp³-hybridized carbons (Fsp3) is 0.200. The zero-order chi connectivity index (χ0) is 15.9. The summed E-state index contributed by atoms with van der Waals surface area (Å²) in [5.74, 6) is 0. The van der Waals surface area contributed by atoms with Crippen molar-refractivity contribution in [1.29, 1.82) is 10.5 Å². The Hall–Kier alpha value is -3.32. The third kappa shape index (κ3) is 3.84.